The van der Waals surface area contributed by atoms with Crippen LogP contribution in [0.5, 0.6) is 0 Å². The second kappa shape index (κ2) is 16.3. The number of ether oxygens (including phenoxy) is 1. The maximum atomic E-state index is 14.6. The first-order valence-corrected chi connectivity index (χ1v) is 19.1. The van der Waals surface area contributed by atoms with Gasteiger partial charge in [0.15, 0.2) is 5.65 Å². The quantitative estimate of drug-likeness (QED) is 0.205. The van der Waals surface area contributed by atoms with Crippen LogP contribution in [0, 0.1) is 5.82 Å². The molecule has 7 rings (SSSR count). The summed E-state index contributed by atoms with van der Waals surface area (Å²) in [7, 11) is 1.70. The van der Waals surface area contributed by atoms with Crippen LogP contribution in [0.1, 0.15) is 58.1 Å². The number of nitrogens with one attached hydrogen (secondary N) is 2. The minimum absolute atomic E-state index is 0.0130. The van der Waals surface area contributed by atoms with Gasteiger partial charge in [0.05, 0.1) is 23.8 Å². The van der Waals surface area contributed by atoms with Crippen molar-refractivity contribution in [1.29, 1.82) is 0 Å². The van der Waals surface area contributed by atoms with Crippen LogP contribution in [0.25, 0.3) is 27.8 Å². The molecule has 0 spiro atoms. The van der Waals surface area contributed by atoms with Crippen LogP contribution in [0.3, 0.4) is 0 Å². The van der Waals surface area contributed by atoms with Gasteiger partial charge >= 0.3 is 11.8 Å². The van der Waals surface area contributed by atoms with Crippen LogP contribution in [-0.4, -0.2) is 86.1 Å². The predicted octanol–water partition coefficient (Wildman–Crippen LogP) is 5.37. The molecule has 1 unspecified atom stereocenters. The fourth-order valence-corrected chi connectivity index (χ4v) is 7.36. The molecule has 13 nitrogen and oxygen atoms in total. The molecule has 2 aromatic carbocycles. The lowest BCUT2D eigenvalue weighted by Crippen LogP contribution is -2.47. The SMILES string of the molecule is CN(CCNCc1ccc(-c2cccc(-n3c(=O)n(C4CCC(NC(=O)C5CN6C=C(F)C=CC6=N5)CC4)c(=O)c4cc(F)cnc43)c2)cc1)C(=O)OC(C)(C)C. The van der Waals surface area contributed by atoms with Crippen molar-refractivity contribution in [3.63, 3.8) is 0 Å². The first-order valence-electron chi connectivity index (χ1n) is 19.1. The second-order valence-corrected chi connectivity index (χ2v) is 15.7. The topological polar surface area (TPSA) is 143 Å². The summed E-state index contributed by atoms with van der Waals surface area (Å²) in [5, 5.41) is 6.38. The van der Waals surface area contributed by atoms with E-state index in [1.54, 1.807) is 18.0 Å². The van der Waals surface area contributed by atoms with Gasteiger partial charge in [0.2, 0.25) is 5.91 Å². The molecule has 4 aromatic rings. The Morgan fingerprint density at radius 1 is 0.982 bits per heavy atom. The van der Waals surface area contributed by atoms with Gasteiger partial charge in [0, 0.05) is 45.0 Å². The Bertz CT molecular complexity index is 2390. The van der Waals surface area contributed by atoms with Crippen molar-refractivity contribution in [2.45, 2.75) is 76.7 Å². The molecule has 1 aliphatic carbocycles. The van der Waals surface area contributed by atoms with Crippen LogP contribution in [0.4, 0.5) is 13.6 Å². The third-order valence-corrected chi connectivity index (χ3v) is 10.3. The van der Waals surface area contributed by atoms with Crippen molar-refractivity contribution in [2.24, 2.45) is 4.99 Å². The van der Waals surface area contributed by atoms with Crippen molar-refractivity contribution in [3.8, 4) is 16.8 Å². The van der Waals surface area contributed by atoms with Gasteiger partial charge in [-0.25, -0.2) is 27.9 Å². The molecule has 2 N–H and O–H groups in total. The third-order valence-electron chi connectivity index (χ3n) is 10.3. The zero-order valence-electron chi connectivity index (χ0n) is 32.4. The summed E-state index contributed by atoms with van der Waals surface area (Å²) in [6, 6.07) is 15.0. The van der Waals surface area contributed by atoms with Gasteiger partial charge in [0.1, 0.15) is 29.1 Å². The molecule has 2 aromatic heterocycles. The largest absolute Gasteiger partial charge is 0.444 e. The number of benzene rings is 2. The summed E-state index contributed by atoms with van der Waals surface area (Å²) >= 11 is 0. The monoisotopic (exact) mass is 780 g/mol. The molecule has 2 amide bonds. The summed E-state index contributed by atoms with van der Waals surface area (Å²) < 4.78 is 36.2. The number of hydrogen-bond acceptors (Lipinski definition) is 9. The van der Waals surface area contributed by atoms with E-state index in [4.69, 9.17) is 4.74 Å². The van der Waals surface area contributed by atoms with E-state index >= 15 is 0 Å². The zero-order chi connectivity index (χ0) is 40.4. The van der Waals surface area contributed by atoms with Gasteiger partial charge in [-0.3, -0.25) is 19.1 Å². The van der Waals surface area contributed by atoms with Crippen LogP contribution >= 0.6 is 0 Å². The maximum Gasteiger partial charge on any atom is 0.410 e. The molecule has 0 saturated heterocycles. The van der Waals surface area contributed by atoms with E-state index in [1.165, 1.54) is 32.4 Å². The zero-order valence-corrected chi connectivity index (χ0v) is 32.4. The van der Waals surface area contributed by atoms with Crippen molar-refractivity contribution in [2.75, 3.05) is 26.7 Å². The molecule has 3 aliphatic rings. The minimum Gasteiger partial charge on any atom is -0.444 e. The number of hydrogen-bond donors (Lipinski definition) is 2. The molecular formula is C42H46F2N8O5. The van der Waals surface area contributed by atoms with Gasteiger partial charge in [-0.2, -0.15) is 0 Å². The van der Waals surface area contributed by atoms with E-state index in [0.717, 1.165) is 29.0 Å². The summed E-state index contributed by atoms with van der Waals surface area (Å²) in [6.07, 6.45) is 6.65. The maximum absolute atomic E-state index is 14.6. The van der Waals surface area contributed by atoms with Gasteiger partial charge in [0.25, 0.3) is 5.56 Å². The molecule has 0 radical (unpaired) electrons. The lowest BCUT2D eigenvalue weighted by atomic mass is 9.90. The molecule has 1 atom stereocenters. The highest BCUT2D eigenvalue weighted by atomic mass is 19.1. The number of fused-ring (bicyclic) bond motifs is 2. The van der Waals surface area contributed by atoms with Crippen LogP contribution in [0.15, 0.2) is 99.6 Å². The lowest BCUT2D eigenvalue weighted by molar-refractivity contribution is -0.123. The fourth-order valence-electron chi connectivity index (χ4n) is 7.36. The first kappa shape index (κ1) is 39.3. The smallest absolute Gasteiger partial charge is 0.410 e. The molecule has 1 fully saturated rings. The standard InChI is InChI=1S/C42H46F2N8O5/c1-42(2,3)57-41(56)49(4)19-18-45-22-26-8-10-27(11-9-26)28-6-5-7-33(20-28)51-37-34(21-30(44)23-46-37)39(54)52(40(51)55)32-15-13-31(14-16-32)47-38(53)35-25-50-24-29(43)12-17-36(50)48-35/h5-12,17,20-21,23-24,31-32,35,45H,13-16,18-19,22,25H2,1-4H3,(H,47,53). The van der Waals surface area contributed by atoms with Crippen molar-refractivity contribution in [1.82, 2.24) is 34.6 Å². The van der Waals surface area contributed by atoms with E-state index in [9.17, 15) is 28.0 Å². The van der Waals surface area contributed by atoms with Crippen molar-refractivity contribution < 1.29 is 23.1 Å². The number of aliphatic imine (C=N–C) groups is 1. The summed E-state index contributed by atoms with van der Waals surface area (Å²) in [5.74, 6) is -0.830. The summed E-state index contributed by atoms with van der Waals surface area (Å²) in [6.45, 7) is 7.39. The number of pyridine rings is 1. The highest BCUT2D eigenvalue weighted by molar-refractivity contribution is 6.00. The molecule has 57 heavy (non-hydrogen) atoms. The third kappa shape index (κ3) is 8.88. The molecule has 0 bridgehead atoms. The Kier molecular flexibility index (Phi) is 11.2. The molecule has 15 heteroatoms. The van der Waals surface area contributed by atoms with Crippen LogP contribution in [0.2, 0.25) is 0 Å². The number of carbonyl (C=O) groups is 2. The number of rotatable bonds is 10. The number of amidine groups is 1. The number of amides is 2. The number of carbonyl (C=O) groups excluding carboxylic acids is 2. The minimum atomic E-state index is -0.693. The van der Waals surface area contributed by atoms with Crippen molar-refractivity contribution >= 4 is 28.9 Å². The molecule has 1 saturated carbocycles. The average Bonchev–Trinajstić information content (AvgIpc) is 3.61. The van der Waals surface area contributed by atoms with Gasteiger partial charge < -0.3 is 25.2 Å². The number of likely N-dealkylation sites (N-methyl/N-ethyl adjacent to an activating group) is 1. The van der Waals surface area contributed by atoms with Gasteiger partial charge in [-0.05, 0) is 93.5 Å². The number of halogens is 2. The molecule has 298 valence electrons. The van der Waals surface area contributed by atoms with E-state index in [2.05, 4.69) is 20.6 Å². The first-order chi connectivity index (χ1) is 27.2. The Balaban J connectivity index is 1.05. The van der Waals surface area contributed by atoms with Crippen LogP contribution < -0.4 is 21.9 Å². The Hall–Kier alpha value is -5.96. The van der Waals surface area contributed by atoms with E-state index in [0.29, 0.717) is 56.8 Å². The number of aromatic nitrogens is 3. The normalized spacial score (nSPS) is 19.2. The predicted molar refractivity (Wildman–Crippen MR) is 213 cm³/mol. The Labute approximate surface area is 328 Å². The highest BCUT2D eigenvalue weighted by Crippen LogP contribution is 2.29. The fraction of sp³-hybridized carbons (Fsp3) is 0.381. The summed E-state index contributed by atoms with van der Waals surface area (Å²) in [5.41, 5.74) is 1.53. The van der Waals surface area contributed by atoms with Crippen LogP contribution in [-0.2, 0) is 16.1 Å². The molecule has 4 heterocycles. The van der Waals surface area contributed by atoms with Gasteiger partial charge in [-0.1, -0.05) is 36.4 Å². The van der Waals surface area contributed by atoms with Crippen molar-refractivity contribution in [3.05, 3.63) is 117 Å². The second-order valence-electron chi connectivity index (χ2n) is 15.7. The Morgan fingerprint density at radius 2 is 1.74 bits per heavy atom. The van der Waals surface area contributed by atoms with E-state index in [-0.39, 0.29) is 35.6 Å². The van der Waals surface area contributed by atoms with Gasteiger partial charge in [-0.15, -0.1) is 0 Å². The lowest BCUT2D eigenvalue weighted by Gasteiger charge is -2.30. The molecular weight excluding hydrogens is 735 g/mol. The number of allylic oxidation sites excluding steroid dienone is 2. The van der Waals surface area contributed by atoms with E-state index in [1.807, 2.05) is 63.2 Å². The number of nitrogens with zero attached hydrogens (tertiary/aromatic N) is 6. The summed E-state index contributed by atoms with van der Waals surface area (Å²) in [4.78, 5) is 65.3. The Morgan fingerprint density at radius 3 is 2.47 bits per heavy atom. The molecule has 2 aliphatic heterocycles. The average molecular weight is 781 g/mol. The highest BCUT2D eigenvalue weighted by Gasteiger charge is 2.33. The van der Waals surface area contributed by atoms with E-state index < -0.39 is 40.6 Å².